The lowest BCUT2D eigenvalue weighted by atomic mass is 10.1. The molecule has 0 bridgehead atoms. The molecule has 2 atom stereocenters. The second kappa shape index (κ2) is 7.51. The summed E-state index contributed by atoms with van der Waals surface area (Å²) < 4.78 is 21.2. The van der Waals surface area contributed by atoms with Crippen molar-refractivity contribution in [3.05, 3.63) is 35.3 Å². The molecule has 3 rings (SSSR count). The van der Waals surface area contributed by atoms with Crippen LogP contribution in [0.3, 0.4) is 0 Å². The van der Waals surface area contributed by atoms with E-state index in [1.54, 1.807) is 24.7 Å². The maximum absolute atomic E-state index is 14.0. The first-order chi connectivity index (χ1) is 12.8. The Labute approximate surface area is 158 Å². The van der Waals surface area contributed by atoms with Crippen LogP contribution in [0.4, 0.5) is 16.0 Å². The van der Waals surface area contributed by atoms with Gasteiger partial charge in [0.05, 0.1) is 30.4 Å². The van der Waals surface area contributed by atoms with E-state index < -0.39 is 11.5 Å². The molecule has 144 valence electrons. The largest absolute Gasteiger partial charge is 0.475 e. The van der Waals surface area contributed by atoms with E-state index in [2.05, 4.69) is 32.2 Å². The van der Waals surface area contributed by atoms with Crippen molar-refractivity contribution < 1.29 is 9.13 Å². The zero-order valence-electron chi connectivity index (χ0n) is 16.2. The van der Waals surface area contributed by atoms with Crippen LogP contribution >= 0.6 is 0 Å². The third kappa shape index (κ3) is 4.35. The molecule has 1 saturated carbocycles. The summed E-state index contributed by atoms with van der Waals surface area (Å²) >= 11 is 0. The Morgan fingerprint density at radius 1 is 1.44 bits per heavy atom. The lowest BCUT2D eigenvalue weighted by molar-refractivity contribution is 0.230. The molecule has 1 N–H and O–H groups in total. The van der Waals surface area contributed by atoms with Crippen molar-refractivity contribution in [1.29, 1.82) is 0 Å². The van der Waals surface area contributed by atoms with E-state index in [0.717, 1.165) is 19.0 Å². The highest BCUT2D eigenvalue weighted by Gasteiger charge is 2.27. The van der Waals surface area contributed by atoms with E-state index in [1.807, 2.05) is 6.92 Å². The number of halogens is 1. The quantitative estimate of drug-likeness (QED) is 0.766. The summed E-state index contributed by atoms with van der Waals surface area (Å²) in [6.45, 7) is 15.4. The van der Waals surface area contributed by atoms with Gasteiger partial charge < -0.3 is 10.1 Å². The molecule has 1 aliphatic carbocycles. The van der Waals surface area contributed by atoms with Gasteiger partial charge in [-0.2, -0.15) is 19.2 Å². The van der Waals surface area contributed by atoms with Crippen LogP contribution < -0.4 is 10.1 Å². The minimum Gasteiger partial charge on any atom is -0.475 e. The van der Waals surface area contributed by atoms with Crippen LogP contribution in [0.15, 0.2) is 12.4 Å². The summed E-state index contributed by atoms with van der Waals surface area (Å²) in [6.07, 6.45) is 6.23. The Kier molecular flexibility index (Phi) is 5.31. The summed E-state index contributed by atoms with van der Waals surface area (Å²) in [7, 11) is 0. The molecule has 0 spiro atoms. The highest BCUT2D eigenvalue weighted by molar-refractivity contribution is 5.55. The van der Waals surface area contributed by atoms with Crippen LogP contribution in [-0.4, -0.2) is 26.4 Å². The van der Waals surface area contributed by atoms with Gasteiger partial charge in [0.25, 0.3) is 5.88 Å². The van der Waals surface area contributed by atoms with Gasteiger partial charge in [0.1, 0.15) is 0 Å². The molecule has 2 aromatic rings. The fourth-order valence-corrected chi connectivity index (χ4v) is 3.22. The lowest BCUT2D eigenvalue weighted by Gasteiger charge is -2.12. The summed E-state index contributed by atoms with van der Waals surface area (Å²) in [5.41, 5.74) is 0.567. The van der Waals surface area contributed by atoms with E-state index >= 15 is 0 Å². The third-order valence-electron chi connectivity index (χ3n) is 4.95. The van der Waals surface area contributed by atoms with E-state index in [9.17, 15) is 4.39 Å². The van der Waals surface area contributed by atoms with Crippen molar-refractivity contribution in [2.75, 3.05) is 11.9 Å². The molecule has 2 heterocycles. The minimum absolute atomic E-state index is 0.0430. The second-order valence-electron chi connectivity index (χ2n) is 7.75. The van der Waals surface area contributed by atoms with Gasteiger partial charge in [-0.3, -0.25) is 4.85 Å². The van der Waals surface area contributed by atoms with Crippen LogP contribution in [0.1, 0.15) is 45.7 Å². The van der Waals surface area contributed by atoms with Crippen LogP contribution in [-0.2, 0) is 5.66 Å². The number of hydrogen-bond acceptors (Lipinski definition) is 5. The number of hydrogen-bond donors (Lipinski definition) is 1. The van der Waals surface area contributed by atoms with Crippen molar-refractivity contribution in [2.24, 2.45) is 11.8 Å². The normalized spacial score (nSPS) is 19.7. The molecule has 1 aliphatic rings. The van der Waals surface area contributed by atoms with Crippen molar-refractivity contribution >= 4 is 11.6 Å². The molecule has 1 fully saturated rings. The van der Waals surface area contributed by atoms with Crippen molar-refractivity contribution in [1.82, 2.24) is 19.7 Å². The monoisotopic (exact) mass is 372 g/mol. The Morgan fingerprint density at radius 3 is 2.89 bits per heavy atom. The van der Waals surface area contributed by atoms with Crippen LogP contribution in [0.2, 0.25) is 0 Å². The van der Waals surface area contributed by atoms with Crippen molar-refractivity contribution in [3.63, 3.8) is 0 Å². The highest BCUT2D eigenvalue weighted by Crippen LogP contribution is 2.31. The Balaban J connectivity index is 1.72. The van der Waals surface area contributed by atoms with Crippen LogP contribution in [0.25, 0.3) is 4.85 Å². The van der Waals surface area contributed by atoms with Gasteiger partial charge in [-0.1, -0.05) is 13.3 Å². The topological polar surface area (TPSA) is 69.2 Å². The van der Waals surface area contributed by atoms with E-state index in [0.29, 0.717) is 29.8 Å². The first-order valence-electron chi connectivity index (χ1n) is 9.16. The molecule has 0 aromatic carbocycles. The summed E-state index contributed by atoms with van der Waals surface area (Å²) in [5, 5.41) is 7.40. The van der Waals surface area contributed by atoms with E-state index in [-0.39, 0.29) is 11.8 Å². The van der Waals surface area contributed by atoms with Gasteiger partial charge in [0.15, 0.2) is 0 Å². The van der Waals surface area contributed by atoms with Gasteiger partial charge in [-0.15, -0.1) is 0 Å². The molecule has 8 heteroatoms. The zero-order valence-corrected chi connectivity index (χ0v) is 16.2. The first-order valence-corrected chi connectivity index (χ1v) is 9.16. The van der Waals surface area contributed by atoms with Crippen LogP contribution in [0.5, 0.6) is 5.88 Å². The molecular weight excluding hydrogens is 347 g/mol. The molecule has 0 aliphatic heterocycles. The number of nitrogens with zero attached hydrogens (tertiary/aromatic N) is 5. The number of nitrogens with one attached hydrogen (secondary N) is 1. The standard InChI is InChI=1S/C19H25FN6O/c1-12-6-7-14(8-12)11-27-17-15(20)9-22-18(24-17)23-16-10-26(25-13(16)2)19(3,4)21-5/h9-10,12,14H,6-8,11H2,1-4H3,(H,22,23,24). The number of anilines is 2. The predicted octanol–water partition coefficient (Wildman–Crippen LogP) is 4.29. The van der Waals surface area contributed by atoms with Gasteiger partial charge in [-0.05, 0) is 31.6 Å². The fourth-order valence-electron chi connectivity index (χ4n) is 3.22. The van der Waals surface area contributed by atoms with E-state index in [1.165, 1.54) is 6.42 Å². The fraction of sp³-hybridized carbons (Fsp3) is 0.579. The highest BCUT2D eigenvalue weighted by atomic mass is 19.1. The molecule has 2 unspecified atom stereocenters. The maximum Gasteiger partial charge on any atom is 0.319 e. The molecule has 2 aromatic heterocycles. The molecule has 7 nitrogen and oxygen atoms in total. The van der Waals surface area contributed by atoms with Crippen LogP contribution in [0, 0.1) is 31.1 Å². The number of aryl methyl sites for hydroxylation is 1. The Morgan fingerprint density at radius 2 is 2.22 bits per heavy atom. The average Bonchev–Trinajstić information content (AvgIpc) is 3.21. The van der Waals surface area contributed by atoms with Crippen molar-refractivity contribution in [3.8, 4) is 5.88 Å². The van der Waals surface area contributed by atoms with Gasteiger partial charge in [0, 0.05) is 13.8 Å². The number of ether oxygens (including phenoxy) is 1. The summed E-state index contributed by atoms with van der Waals surface area (Å²) in [4.78, 5) is 11.7. The number of rotatable bonds is 6. The Hall–Kier alpha value is -2.69. The van der Waals surface area contributed by atoms with Gasteiger partial charge in [-0.25, -0.2) is 11.6 Å². The maximum atomic E-state index is 14.0. The molecule has 0 radical (unpaired) electrons. The molecule has 27 heavy (non-hydrogen) atoms. The van der Waals surface area contributed by atoms with Gasteiger partial charge in [0.2, 0.25) is 11.8 Å². The first kappa shape index (κ1) is 19.1. The molecule has 0 saturated heterocycles. The summed E-state index contributed by atoms with van der Waals surface area (Å²) in [6, 6.07) is 0. The average molecular weight is 372 g/mol. The SMILES string of the molecule is [C-]#[N+]C(C)(C)n1cc(Nc2ncc(F)c(OCC3CCC(C)C3)n2)c(C)n1. The predicted molar refractivity (Wildman–Crippen MR) is 100 cm³/mol. The smallest absolute Gasteiger partial charge is 0.319 e. The Bertz CT molecular complexity index is 856. The zero-order chi connectivity index (χ0) is 19.6. The molecule has 0 amide bonds. The second-order valence-corrected chi connectivity index (χ2v) is 7.75. The molecular formula is C19H25FN6O. The summed E-state index contributed by atoms with van der Waals surface area (Å²) in [5.74, 6) is 0.758. The minimum atomic E-state index is -0.791. The van der Waals surface area contributed by atoms with Crippen molar-refractivity contribution in [2.45, 2.75) is 52.6 Å². The third-order valence-corrected chi connectivity index (χ3v) is 4.95. The van der Waals surface area contributed by atoms with E-state index in [4.69, 9.17) is 11.3 Å². The van der Waals surface area contributed by atoms with Gasteiger partial charge >= 0.3 is 5.66 Å². The number of aromatic nitrogens is 4. The lowest BCUT2D eigenvalue weighted by Crippen LogP contribution is -2.22.